The van der Waals surface area contributed by atoms with E-state index in [2.05, 4.69) is 4.98 Å². The number of halogens is 1. The number of sulfone groups is 1. The standard InChI is InChI=1S/C18H16FNO3S/c1-3-16-20-17(12-4-8-14(19)9-5-12)18(23-16)13-6-10-15(11-7-13)24(2,21)22/h4-11H,3H2,1-2H3. The van der Waals surface area contributed by atoms with Gasteiger partial charge in [0.2, 0.25) is 0 Å². The maximum absolute atomic E-state index is 13.2. The average molecular weight is 345 g/mol. The van der Waals surface area contributed by atoms with E-state index in [0.717, 1.165) is 11.8 Å². The SMILES string of the molecule is CCc1nc(-c2ccc(F)cc2)c(-c2ccc(S(C)(=O)=O)cc2)o1. The summed E-state index contributed by atoms with van der Waals surface area (Å²) in [5.41, 5.74) is 2.06. The van der Waals surface area contributed by atoms with Gasteiger partial charge >= 0.3 is 0 Å². The Kier molecular flexibility index (Phi) is 4.24. The lowest BCUT2D eigenvalue weighted by Crippen LogP contribution is -1.96. The average Bonchev–Trinajstić information content (AvgIpc) is 2.99. The summed E-state index contributed by atoms with van der Waals surface area (Å²) < 4.78 is 42.1. The highest BCUT2D eigenvalue weighted by Gasteiger charge is 2.17. The van der Waals surface area contributed by atoms with Crippen molar-refractivity contribution in [3.8, 4) is 22.6 Å². The Morgan fingerprint density at radius 2 is 1.58 bits per heavy atom. The van der Waals surface area contributed by atoms with Crippen LogP contribution in [0, 0.1) is 5.82 Å². The van der Waals surface area contributed by atoms with Crippen LogP contribution in [0.2, 0.25) is 0 Å². The number of hydrogen-bond donors (Lipinski definition) is 0. The van der Waals surface area contributed by atoms with Gasteiger partial charge in [0.1, 0.15) is 11.5 Å². The third kappa shape index (κ3) is 3.23. The fourth-order valence-electron chi connectivity index (χ4n) is 2.37. The van der Waals surface area contributed by atoms with Gasteiger partial charge in [0.05, 0.1) is 4.90 Å². The van der Waals surface area contributed by atoms with E-state index in [4.69, 9.17) is 4.42 Å². The summed E-state index contributed by atoms with van der Waals surface area (Å²) in [6.45, 7) is 1.93. The van der Waals surface area contributed by atoms with Gasteiger partial charge in [-0.05, 0) is 48.5 Å². The third-order valence-corrected chi connectivity index (χ3v) is 4.76. The van der Waals surface area contributed by atoms with Crippen molar-refractivity contribution in [1.29, 1.82) is 0 Å². The van der Waals surface area contributed by atoms with Crippen LogP contribution in [-0.4, -0.2) is 19.7 Å². The van der Waals surface area contributed by atoms with Crippen LogP contribution in [0.5, 0.6) is 0 Å². The monoisotopic (exact) mass is 345 g/mol. The molecule has 0 atom stereocenters. The lowest BCUT2D eigenvalue weighted by atomic mass is 10.1. The van der Waals surface area contributed by atoms with Crippen LogP contribution in [0.1, 0.15) is 12.8 Å². The van der Waals surface area contributed by atoms with Gasteiger partial charge in [-0.15, -0.1) is 0 Å². The molecule has 0 spiro atoms. The second-order valence-electron chi connectivity index (χ2n) is 5.44. The van der Waals surface area contributed by atoms with Crippen LogP contribution in [-0.2, 0) is 16.3 Å². The van der Waals surface area contributed by atoms with Gasteiger partial charge in [0, 0.05) is 23.8 Å². The molecule has 124 valence electrons. The Balaban J connectivity index is 2.10. The van der Waals surface area contributed by atoms with Crippen LogP contribution < -0.4 is 0 Å². The number of nitrogens with zero attached hydrogens (tertiary/aromatic N) is 1. The molecule has 6 heteroatoms. The number of aryl methyl sites for hydroxylation is 1. The van der Waals surface area contributed by atoms with Crippen LogP contribution >= 0.6 is 0 Å². The van der Waals surface area contributed by atoms with Crippen LogP contribution in [0.4, 0.5) is 4.39 Å². The Morgan fingerprint density at radius 1 is 1.00 bits per heavy atom. The molecule has 24 heavy (non-hydrogen) atoms. The Morgan fingerprint density at radius 3 is 2.12 bits per heavy atom. The first-order valence-electron chi connectivity index (χ1n) is 7.44. The van der Waals surface area contributed by atoms with Crippen molar-refractivity contribution in [2.75, 3.05) is 6.26 Å². The second kappa shape index (κ2) is 6.20. The molecule has 0 saturated heterocycles. The van der Waals surface area contributed by atoms with Gasteiger partial charge in [-0.25, -0.2) is 17.8 Å². The van der Waals surface area contributed by atoms with E-state index in [1.165, 1.54) is 24.3 Å². The van der Waals surface area contributed by atoms with Crippen molar-refractivity contribution in [3.63, 3.8) is 0 Å². The van der Waals surface area contributed by atoms with E-state index in [0.29, 0.717) is 29.3 Å². The van der Waals surface area contributed by atoms with Gasteiger partial charge in [-0.1, -0.05) is 6.92 Å². The number of hydrogen-bond acceptors (Lipinski definition) is 4. The van der Waals surface area contributed by atoms with Gasteiger partial charge in [0.25, 0.3) is 0 Å². The van der Waals surface area contributed by atoms with Crippen LogP contribution in [0.3, 0.4) is 0 Å². The molecule has 0 bridgehead atoms. The van der Waals surface area contributed by atoms with Crippen LogP contribution in [0.15, 0.2) is 57.8 Å². The number of rotatable bonds is 4. The van der Waals surface area contributed by atoms with Gasteiger partial charge < -0.3 is 4.42 Å². The zero-order valence-corrected chi connectivity index (χ0v) is 14.1. The van der Waals surface area contributed by atoms with Gasteiger partial charge in [-0.2, -0.15) is 0 Å². The topological polar surface area (TPSA) is 60.2 Å². The first-order valence-corrected chi connectivity index (χ1v) is 9.33. The molecule has 0 amide bonds. The summed E-state index contributed by atoms with van der Waals surface area (Å²) in [4.78, 5) is 4.71. The minimum Gasteiger partial charge on any atom is -0.440 e. The first-order chi connectivity index (χ1) is 11.4. The molecule has 0 aliphatic rings. The zero-order chi connectivity index (χ0) is 17.3. The molecule has 3 rings (SSSR count). The summed E-state index contributed by atoms with van der Waals surface area (Å²) in [6, 6.07) is 12.5. The molecule has 3 aromatic rings. The normalized spacial score (nSPS) is 11.6. The number of benzene rings is 2. The fraction of sp³-hybridized carbons (Fsp3) is 0.167. The van der Waals surface area contributed by atoms with E-state index in [-0.39, 0.29) is 10.7 Å². The molecule has 0 radical (unpaired) electrons. The highest BCUT2D eigenvalue weighted by atomic mass is 32.2. The minimum atomic E-state index is -3.26. The molecule has 1 aromatic heterocycles. The maximum Gasteiger partial charge on any atom is 0.195 e. The quantitative estimate of drug-likeness (QED) is 0.714. The smallest absolute Gasteiger partial charge is 0.195 e. The van der Waals surface area contributed by atoms with E-state index in [1.54, 1.807) is 24.3 Å². The largest absolute Gasteiger partial charge is 0.440 e. The van der Waals surface area contributed by atoms with Crippen LogP contribution in [0.25, 0.3) is 22.6 Å². The Hall–Kier alpha value is -2.47. The lowest BCUT2D eigenvalue weighted by Gasteiger charge is -2.03. The van der Waals surface area contributed by atoms with Crippen molar-refractivity contribution in [2.45, 2.75) is 18.2 Å². The van der Waals surface area contributed by atoms with E-state index in [1.807, 2.05) is 6.92 Å². The van der Waals surface area contributed by atoms with E-state index in [9.17, 15) is 12.8 Å². The summed E-state index contributed by atoms with van der Waals surface area (Å²) in [7, 11) is -3.26. The molecular formula is C18H16FNO3S. The van der Waals surface area contributed by atoms with E-state index < -0.39 is 9.84 Å². The number of oxazole rings is 1. The van der Waals surface area contributed by atoms with Crippen molar-refractivity contribution < 1.29 is 17.2 Å². The van der Waals surface area contributed by atoms with Crippen molar-refractivity contribution in [3.05, 3.63) is 60.2 Å². The predicted molar refractivity (Wildman–Crippen MR) is 89.8 cm³/mol. The molecule has 0 N–H and O–H groups in total. The second-order valence-corrected chi connectivity index (χ2v) is 7.46. The van der Waals surface area contributed by atoms with Gasteiger partial charge in [-0.3, -0.25) is 0 Å². The molecule has 0 aliphatic heterocycles. The molecule has 2 aromatic carbocycles. The minimum absolute atomic E-state index is 0.241. The van der Waals surface area contributed by atoms with Gasteiger partial charge in [0.15, 0.2) is 21.5 Å². The fourth-order valence-corrected chi connectivity index (χ4v) is 3.00. The molecule has 0 aliphatic carbocycles. The molecule has 0 saturated carbocycles. The molecule has 0 unspecified atom stereocenters. The highest BCUT2D eigenvalue weighted by Crippen LogP contribution is 2.33. The zero-order valence-electron chi connectivity index (χ0n) is 13.3. The Labute approximate surface area is 139 Å². The maximum atomic E-state index is 13.2. The Bertz CT molecular complexity index is 959. The molecule has 0 fully saturated rings. The third-order valence-electron chi connectivity index (χ3n) is 3.64. The molecule has 1 heterocycles. The molecular weight excluding hydrogens is 329 g/mol. The number of aromatic nitrogens is 1. The summed E-state index contributed by atoms with van der Waals surface area (Å²) in [6.07, 6.45) is 1.78. The highest BCUT2D eigenvalue weighted by molar-refractivity contribution is 7.90. The summed E-state index contributed by atoms with van der Waals surface area (Å²) in [5.74, 6) is 0.784. The molecule has 4 nitrogen and oxygen atoms in total. The predicted octanol–water partition coefficient (Wildman–Crippen LogP) is 4.11. The van der Waals surface area contributed by atoms with Crippen molar-refractivity contribution in [1.82, 2.24) is 4.98 Å². The lowest BCUT2D eigenvalue weighted by molar-refractivity contribution is 0.514. The van der Waals surface area contributed by atoms with Crippen molar-refractivity contribution >= 4 is 9.84 Å². The first kappa shape index (κ1) is 16.4. The summed E-state index contributed by atoms with van der Waals surface area (Å²) in [5, 5.41) is 0. The van der Waals surface area contributed by atoms with E-state index >= 15 is 0 Å². The summed E-state index contributed by atoms with van der Waals surface area (Å²) >= 11 is 0. The van der Waals surface area contributed by atoms with Crippen molar-refractivity contribution in [2.24, 2.45) is 0 Å².